The van der Waals surface area contributed by atoms with E-state index in [1.807, 2.05) is 12.1 Å². The Bertz CT molecular complexity index is 1050. The predicted molar refractivity (Wildman–Crippen MR) is 130 cm³/mol. The average molecular weight is 428 g/mol. The van der Waals surface area contributed by atoms with Crippen molar-refractivity contribution in [3.05, 3.63) is 77.5 Å². The van der Waals surface area contributed by atoms with Crippen molar-refractivity contribution in [3.63, 3.8) is 0 Å². The average Bonchev–Trinajstić information content (AvgIpc) is 3.50. The van der Waals surface area contributed by atoms with Gasteiger partial charge in [0.25, 0.3) is 5.91 Å². The number of carbonyl (C=O) groups is 1. The zero-order chi connectivity index (χ0) is 21.8. The maximum atomic E-state index is 12.6. The molecule has 2 heterocycles. The van der Waals surface area contributed by atoms with E-state index in [1.165, 1.54) is 61.3 Å². The number of benzene rings is 2. The molecule has 1 N–H and O–H groups in total. The number of likely N-dealkylation sites (tertiary alicyclic amines) is 1. The number of rotatable bonds is 7. The third-order valence-corrected chi connectivity index (χ3v) is 6.89. The quantitative estimate of drug-likeness (QED) is 0.524. The molecular formula is C28H33N3O. The molecule has 0 radical (unpaired) electrons. The lowest BCUT2D eigenvalue weighted by Crippen LogP contribution is -2.28. The minimum Gasteiger partial charge on any atom is -0.352 e. The second kappa shape index (κ2) is 9.74. The number of hydrogen-bond donors (Lipinski definition) is 1. The van der Waals surface area contributed by atoms with Gasteiger partial charge in [0.2, 0.25) is 0 Å². The summed E-state index contributed by atoms with van der Waals surface area (Å²) in [6, 6.07) is 21.1. The zero-order valence-corrected chi connectivity index (χ0v) is 18.9. The molecule has 0 saturated carbocycles. The lowest BCUT2D eigenvalue weighted by atomic mass is 9.98. The molecule has 2 aromatic carbocycles. The highest BCUT2D eigenvalue weighted by Gasteiger charge is 2.20. The van der Waals surface area contributed by atoms with E-state index in [9.17, 15) is 4.79 Å². The van der Waals surface area contributed by atoms with E-state index in [4.69, 9.17) is 0 Å². The van der Waals surface area contributed by atoms with Crippen LogP contribution in [0.15, 0.2) is 60.7 Å². The molecule has 32 heavy (non-hydrogen) atoms. The molecule has 5 rings (SSSR count). The fourth-order valence-corrected chi connectivity index (χ4v) is 5.19. The van der Waals surface area contributed by atoms with Gasteiger partial charge in [0.15, 0.2) is 0 Å². The van der Waals surface area contributed by atoms with E-state index in [-0.39, 0.29) is 5.91 Å². The molecule has 166 valence electrons. The second-order valence-electron chi connectivity index (χ2n) is 9.12. The monoisotopic (exact) mass is 427 g/mol. The lowest BCUT2D eigenvalue weighted by Gasteiger charge is -2.18. The van der Waals surface area contributed by atoms with Crippen molar-refractivity contribution in [2.75, 3.05) is 26.2 Å². The Labute approximate surface area is 191 Å². The van der Waals surface area contributed by atoms with Crippen molar-refractivity contribution >= 4 is 5.91 Å². The molecule has 0 unspecified atom stereocenters. The van der Waals surface area contributed by atoms with Crippen molar-refractivity contribution in [3.8, 4) is 16.9 Å². The van der Waals surface area contributed by atoms with Gasteiger partial charge in [0, 0.05) is 23.5 Å². The second-order valence-corrected chi connectivity index (χ2v) is 9.12. The first-order valence-electron chi connectivity index (χ1n) is 12.2. The van der Waals surface area contributed by atoms with Crippen molar-refractivity contribution in [2.45, 2.75) is 44.9 Å². The van der Waals surface area contributed by atoms with E-state index in [0.717, 1.165) is 43.6 Å². The molecule has 1 aliphatic heterocycles. The number of carbonyl (C=O) groups excluding carboxylic acids is 1. The SMILES string of the molecule is O=C(NCCCN1CCCC1)c1ccc(-n2c(-c3ccccc3)cc3c2CCCC3)cc1. The van der Waals surface area contributed by atoms with E-state index in [0.29, 0.717) is 0 Å². The van der Waals surface area contributed by atoms with Crippen molar-refractivity contribution in [1.29, 1.82) is 0 Å². The lowest BCUT2D eigenvalue weighted by molar-refractivity contribution is 0.0952. The van der Waals surface area contributed by atoms with E-state index >= 15 is 0 Å². The molecule has 1 fully saturated rings. The summed E-state index contributed by atoms with van der Waals surface area (Å²) in [5.74, 6) is 0.0239. The van der Waals surface area contributed by atoms with Crippen molar-refractivity contribution in [1.82, 2.24) is 14.8 Å². The Morgan fingerprint density at radius 3 is 2.41 bits per heavy atom. The number of amides is 1. The summed E-state index contributed by atoms with van der Waals surface area (Å²) in [6.07, 6.45) is 8.41. The van der Waals surface area contributed by atoms with Gasteiger partial charge in [0.05, 0.1) is 5.69 Å². The summed E-state index contributed by atoms with van der Waals surface area (Å²) in [7, 11) is 0. The van der Waals surface area contributed by atoms with E-state index in [2.05, 4.69) is 63.3 Å². The highest BCUT2D eigenvalue weighted by Crippen LogP contribution is 2.33. The first kappa shape index (κ1) is 21.0. The fraction of sp³-hybridized carbons (Fsp3) is 0.393. The van der Waals surface area contributed by atoms with Crippen LogP contribution in [0.4, 0.5) is 0 Å². The number of aromatic nitrogens is 1. The van der Waals surface area contributed by atoms with Crippen molar-refractivity contribution in [2.24, 2.45) is 0 Å². The fourth-order valence-electron chi connectivity index (χ4n) is 5.19. The van der Waals surface area contributed by atoms with E-state index in [1.54, 1.807) is 0 Å². The topological polar surface area (TPSA) is 37.3 Å². The molecule has 1 aliphatic carbocycles. The zero-order valence-electron chi connectivity index (χ0n) is 18.9. The Kier molecular flexibility index (Phi) is 6.40. The smallest absolute Gasteiger partial charge is 0.251 e. The Hall–Kier alpha value is -2.85. The van der Waals surface area contributed by atoms with Crippen LogP contribution in [0.5, 0.6) is 0 Å². The predicted octanol–water partition coefficient (Wildman–Crippen LogP) is 5.24. The molecule has 0 spiro atoms. The number of nitrogens with zero attached hydrogens (tertiary/aromatic N) is 2. The maximum Gasteiger partial charge on any atom is 0.251 e. The van der Waals surface area contributed by atoms with Gasteiger partial charge >= 0.3 is 0 Å². The van der Waals surface area contributed by atoms with Gasteiger partial charge < -0.3 is 14.8 Å². The van der Waals surface area contributed by atoms with Gasteiger partial charge in [-0.1, -0.05) is 30.3 Å². The third kappa shape index (κ3) is 4.51. The van der Waals surface area contributed by atoms with E-state index < -0.39 is 0 Å². The third-order valence-electron chi connectivity index (χ3n) is 6.89. The Morgan fingerprint density at radius 2 is 1.62 bits per heavy atom. The summed E-state index contributed by atoms with van der Waals surface area (Å²) in [4.78, 5) is 15.1. The molecule has 0 atom stereocenters. The highest BCUT2D eigenvalue weighted by molar-refractivity contribution is 5.94. The first-order valence-corrected chi connectivity index (χ1v) is 12.2. The minimum atomic E-state index is 0.0239. The largest absolute Gasteiger partial charge is 0.352 e. The van der Waals surface area contributed by atoms with Crippen LogP contribution in [-0.2, 0) is 12.8 Å². The van der Waals surface area contributed by atoms with Gasteiger partial charge in [-0.25, -0.2) is 0 Å². The van der Waals surface area contributed by atoms with Crippen LogP contribution in [-0.4, -0.2) is 41.6 Å². The molecule has 4 nitrogen and oxygen atoms in total. The summed E-state index contributed by atoms with van der Waals surface area (Å²) in [5.41, 5.74) is 7.25. The summed E-state index contributed by atoms with van der Waals surface area (Å²) in [6.45, 7) is 4.24. The number of hydrogen-bond acceptors (Lipinski definition) is 2. The van der Waals surface area contributed by atoms with Crippen LogP contribution in [0.3, 0.4) is 0 Å². The molecular weight excluding hydrogens is 394 g/mol. The minimum absolute atomic E-state index is 0.0239. The van der Waals surface area contributed by atoms with Crippen LogP contribution in [0.25, 0.3) is 16.9 Å². The molecule has 3 aromatic rings. The standard InChI is InChI=1S/C28H33N3O/c32-28(29-17-8-20-30-18-6-7-19-30)23-13-15-25(16-14-23)31-26-12-5-4-11-24(26)21-27(31)22-9-2-1-3-10-22/h1-3,9-10,13-16,21H,4-8,11-12,17-20H2,(H,29,32). The normalized spacial score (nSPS) is 16.1. The van der Waals surface area contributed by atoms with Crippen molar-refractivity contribution < 1.29 is 4.79 Å². The Balaban J connectivity index is 1.31. The maximum absolute atomic E-state index is 12.6. The van der Waals surface area contributed by atoms with Gasteiger partial charge in [-0.05, 0) is 106 Å². The number of fused-ring (bicyclic) bond motifs is 1. The molecule has 1 saturated heterocycles. The van der Waals surface area contributed by atoms with Crippen LogP contribution in [0, 0.1) is 0 Å². The molecule has 4 heteroatoms. The van der Waals surface area contributed by atoms with Crippen LogP contribution < -0.4 is 5.32 Å². The number of aryl methyl sites for hydroxylation is 1. The van der Waals surface area contributed by atoms with Gasteiger partial charge in [-0.2, -0.15) is 0 Å². The van der Waals surface area contributed by atoms with Gasteiger partial charge in [-0.3, -0.25) is 4.79 Å². The summed E-state index contributed by atoms with van der Waals surface area (Å²) >= 11 is 0. The Morgan fingerprint density at radius 1 is 0.875 bits per heavy atom. The van der Waals surface area contributed by atoms with Crippen LogP contribution in [0.1, 0.15) is 53.7 Å². The van der Waals surface area contributed by atoms with Crippen LogP contribution >= 0.6 is 0 Å². The summed E-state index contributed by atoms with van der Waals surface area (Å²) in [5, 5.41) is 3.09. The molecule has 1 aromatic heterocycles. The molecule has 2 aliphatic rings. The highest BCUT2D eigenvalue weighted by atomic mass is 16.1. The number of nitrogens with one attached hydrogen (secondary N) is 1. The summed E-state index contributed by atoms with van der Waals surface area (Å²) < 4.78 is 2.40. The first-order chi connectivity index (χ1) is 15.8. The van der Waals surface area contributed by atoms with Gasteiger partial charge in [0.1, 0.15) is 0 Å². The van der Waals surface area contributed by atoms with Crippen LogP contribution in [0.2, 0.25) is 0 Å². The molecule has 0 bridgehead atoms. The van der Waals surface area contributed by atoms with Gasteiger partial charge in [-0.15, -0.1) is 0 Å². The molecule has 1 amide bonds.